The van der Waals surface area contributed by atoms with Gasteiger partial charge in [0.15, 0.2) is 6.61 Å². The van der Waals surface area contributed by atoms with Crippen LogP contribution in [0, 0.1) is 13.8 Å². The molecule has 1 aliphatic heterocycles. The predicted molar refractivity (Wildman–Crippen MR) is 132 cm³/mol. The highest BCUT2D eigenvalue weighted by Gasteiger charge is 2.24. The SMILES string of the molecule is COc1ccc(N2CCN(C(=O)COC(=O)c3cc(C)n(Cc4ccccc4)c3C)CC2)cc1. The molecule has 0 atom stereocenters. The molecule has 0 saturated carbocycles. The maximum atomic E-state index is 12.7. The molecule has 0 unspecified atom stereocenters. The monoisotopic (exact) mass is 461 g/mol. The number of carbonyl (C=O) groups is 2. The van der Waals surface area contributed by atoms with Gasteiger partial charge in [0.2, 0.25) is 0 Å². The zero-order valence-corrected chi connectivity index (χ0v) is 20.0. The lowest BCUT2D eigenvalue weighted by Gasteiger charge is -2.36. The molecule has 178 valence electrons. The molecule has 4 rings (SSSR count). The third-order valence-corrected chi connectivity index (χ3v) is 6.37. The van der Waals surface area contributed by atoms with Crippen LogP contribution in [-0.2, 0) is 16.1 Å². The van der Waals surface area contributed by atoms with Gasteiger partial charge >= 0.3 is 5.97 Å². The number of carbonyl (C=O) groups excluding carboxylic acids is 2. The smallest absolute Gasteiger partial charge is 0.340 e. The molecule has 1 fully saturated rings. The second kappa shape index (κ2) is 10.5. The van der Waals surface area contributed by atoms with Crippen molar-refractivity contribution in [1.82, 2.24) is 9.47 Å². The van der Waals surface area contributed by atoms with E-state index < -0.39 is 5.97 Å². The number of hydrogen-bond donors (Lipinski definition) is 0. The van der Waals surface area contributed by atoms with Crippen molar-refractivity contribution < 1.29 is 19.1 Å². The highest BCUT2D eigenvalue weighted by atomic mass is 16.5. The van der Waals surface area contributed by atoms with Crippen LogP contribution in [0.2, 0.25) is 0 Å². The minimum Gasteiger partial charge on any atom is -0.497 e. The van der Waals surface area contributed by atoms with E-state index in [1.165, 1.54) is 0 Å². The van der Waals surface area contributed by atoms with Crippen molar-refractivity contribution >= 4 is 17.6 Å². The van der Waals surface area contributed by atoms with E-state index in [4.69, 9.17) is 9.47 Å². The van der Waals surface area contributed by atoms with E-state index in [1.807, 2.05) is 62.4 Å². The number of rotatable bonds is 7. The number of esters is 1. The van der Waals surface area contributed by atoms with Crippen molar-refractivity contribution in [2.24, 2.45) is 0 Å². The van der Waals surface area contributed by atoms with Gasteiger partial charge in [-0.25, -0.2) is 4.79 Å². The summed E-state index contributed by atoms with van der Waals surface area (Å²) in [6, 6.07) is 19.8. The van der Waals surface area contributed by atoms with Gasteiger partial charge in [0.25, 0.3) is 5.91 Å². The Hall–Kier alpha value is -3.74. The van der Waals surface area contributed by atoms with Crippen molar-refractivity contribution in [2.45, 2.75) is 20.4 Å². The van der Waals surface area contributed by atoms with Crippen molar-refractivity contribution in [3.05, 3.63) is 83.2 Å². The van der Waals surface area contributed by atoms with Crippen LogP contribution in [0.1, 0.15) is 27.3 Å². The number of benzene rings is 2. The standard InChI is InChI=1S/C27H31N3O4/c1-20-17-25(21(2)30(20)18-22-7-5-4-6-8-22)27(32)34-19-26(31)29-15-13-28(14-16-29)23-9-11-24(33-3)12-10-23/h4-12,17H,13-16,18-19H2,1-3H3. The molecule has 1 amide bonds. The van der Waals surface area contributed by atoms with Crippen molar-refractivity contribution in [2.75, 3.05) is 44.8 Å². The molecule has 0 aliphatic carbocycles. The minimum atomic E-state index is -0.461. The summed E-state index contributed by atoms with van der Waals surface area (Å²) in [4.78, 5) is 29.4. The maximum absolute atomic E-state index is 12.7. The summed E-state index contributed by atoms with van der Waals surface area (Å²) in [5.74, 6) is 0.193. The number of hydrogen-bond acceptors (Lipinski definition) is 5. The molecule has 3 aromatic rings. The van der Waals surface area contributed by atoms with Gasteiger partial charge in [0.1, 0.15) is 5.75 Å². The van der Waals surface area contributed by atoms with Crippen LogP contribution < -0.4 is 9.64 Å². The Morgan fingerprint density at radius 2 is 1.59 bits per heavy atom. The van der Waals surface area contributed by atoms with Crippen LogP contribution in [0.3, 0.4) is 0 Å². The van der Waals surface area contributed by atoms with E-state index in [2.05, 4.69) is 21.6 Å². The Kier molecular flexibility index (Phi) is 7.21. The van der Waals surface area contributed by atoms with E-state index in [-0.39, 0.29) is 12.5 Å². The molecule has 34 heavy (non-hydrogen) atoms. The third-order valence-electron chi connectivity index (χ3n) is 6.37. The normalized spacial score (nSPS) is 13.6. The molecule has 2 heterocycles. The first-order valence-corrected chi connectivity index (χ1v) is 11.5. The van der Waals surface area contributed by atoms with Crippen LogP contribution >= 0.6 is 0 Å². The third kappa shape index (κ3) is 5.25. The van der Waals surface area contributed by atoms with Crippen molar-refractivity contribution in [3.63, 3.8) is 0 Å². The summed E-state index contributed by atoms with van der Waals surface area (Å²) in [6.07, 6.45) is 0. The molecular formula is C27H31N3O4. The van der Waals surface area contributed by atoms with Gasteiger partial charge in [-0.1, -0.05) is 30.3 Å². The Balaban J connectivity index is 1.29. The van der Waals surface area contributed by atoms with E-state index >= 15 is 0 Å². The van der Waals surface area contributed by atoms with Crippen LogP contribution in [0.5, 0.6) is 5.75 Å². The molecule has 2 aromatic carbocycles. The zero-order chi connectivity index (χ0) is 24.1. The van der Waals surface area contributed by atoms with Gasteiger partial charge in [-0.2, -0.15) is 0 Å². The summed E-state index contributed by atoms with van der Waals surface area (Å²) >= 11 is 0. The first kappa shape index (κ1) is 23.4. The average Bonchev–Trinajstić information content (AvgIpc) is 3.16. The number of ether oxygens (including phenoxy) is 2. The van der Waals surface area contributed by atoms with Gasteiger partial charge in [0, 0.05) is 49.8 Å². The molecule has 7 nitrogen and oxygen atoms in total. The molecule has 0 radical (unpaired) electrons. The summed E-state index contributed by atoms with van der Waals surface area (Å²) in [5, 5.41) is 0. The Morgan fingerprint density at radius 3 is 2.24 bits per heavy atom. The molecule has 1 aromatic heterocycles. The minimum absolute atomic E-state index is 0.166. The Morgan fingerprint density at radius 1 is 0.912 bits per heavy atom. The fourth-order valence-corrected chi connectivity index (χ4v) is 4.32. The molecule has 0 spiro atoms. The first-order chi connectivity index (χ1) is 16.5. The molecular weight excluding hydrogens is 430 g/mol. The van der Waals surface area contributed by atoms with Crippen LogP contribution in [0.15, 0.2) is 60.7 Å². The van der Waals surface area contributed by atoms with Gasteiger partial charge in [-0.3, -0.25) is 4.79 Å². The Bertz CT molecular complexity index is 1130. The fraction of sp³-hybridized carbons (Fsp3) is 0.333. The second-order valence-electron chi connectivity index (χ2n) is 8.50. The Labute approximate surface area is 200 Å². The largest absolute Gasteiger partial charge is 0.497 e. The highest BCUT2D eigenvalue weighted by molar-refractivity contribution is 5.92. The number of anilines is 1. The molecule has 1 saturated heterocycles. The summed E-state index contributed by atoms with van der Waals surface area (Å²) in [6.45, 7) is 6.96. The van der Waals surface area contributed by atoms with E-state index in [9.17, 15) is 9.59 Å². The number of methoxy groups -OCH3 is 1. The zero-order valence-electron chi connectivity index (χ0n) is 20.0. The topological polar surface area (TPSA) is 64.0 Å². The molecule has 0 bridgehead atoms. The molecule has 1 aliphatic rings. The van der Waals surface area contributed by atoms with Crippen molar-refractivity contribution in [3.8, 4) is 5.75 Å². The summed E-state index contributed by atoms with van der Waals surface area (Å²) in [7, 11) is 1.65. The van der Waals surface area contributed by atoms with Crippen molar-refractivity contribution in [1.29, 1.82) is 0 Å². The second-order valence-corrected chi connectivity index (χ2v) is 8.50. The van der Waals surface area contributed by atoms with Crippen LogP contribution in [-0.4, -0.2) is 61.2 Å². The number of nitrogens with zero attached hydrogens (tertiary/aromatic N) is 3. The average molecular weight is 462 g/mol. The number of piperazine rings is 1. The predicted octanol–water partition coefficient (Wildman–Crippen LogP) is 3.67. The van der Waals surface area contributed by atoms with Gasteiger partial charge in [-0.15, -0.1) is 0 Å². The van der Waals surface area contributed by atoms with Gasteiger partial charge < -0.3 is 23.8 Å². The fourth-order valence-electron chi connectivity index (χ4n) is 4.32. The summed E-state index contributed by atoms with van der Waals surface area (Å²) in [5.41, 5.74) is 4.59. The van der Waals surface area contributed by atoms with E-state index in [0.29, 0.717) is 25.2 Å². The van der Waals surface area contributed by atoms with E-state index in [0.717, 1.165) is 41.5 Å². The first-order valence-electron chi connectivity index (χ1n) is 11.5. The number of amides is 1. The highest BCUT2D eigenvalue weighted by Crippen LogP contribution is 2.21. The van der Waals surface area contributed by atoms with E-state index in [1.54, 1.807) is 12.0 Å². The quantitative estimate of drug-likeness (QED) is 0.503. The molecule has 0 N–H and O–H groups in total. The summed E-state index contributed by atoms with van der Waals surface area (Å²) < 4.78 is 12.7. The van der Waals surface area contributed by atoms with Gasteiger partial charge in [0.05, 0.1) is 12.7 Å². The number of aryl methyl sites for hydroxylation is 1. The van der Waals surface area contributed by atoms with Crippen LogP contribution in [0.25, 0.3) is 0 Å². The van der Waals surface area contributed by atoms with Crippen LogP contribution in [0.4, 0.5) is 5.69 Å². The lowest BCUT2D eigenvalue weighted by atomic mass is 10.2. The maximum Gasteiger partial charge on any atom is 0.340 e. The lowest BCUT2D eigenvalue weighted by Crippen LogP contribution is -2.49. The lowest BCUT2D eigenvalue weighted by molar-refractivity contribution is -0.134. The molecule has 7 heteroatoms. The number of aromatic nitrogens is 1. The van der Waals surface area contributed by atoms with Gasteiger partial charge in [-0.05, 0) is 49.7 Å².